The number of carbonyl (C=O) groups is 5. The zero-order valence-electron chi connectivity index (χ0n) is 44.2. The van der Waals surface area contributed by atoms with Crippen molar-refractivity contribution in [3.63, 3.8) is 0 Å². The van der Waals surface area contributed by atoms with Gasteiger partial charge in [0.2, 0.25) is 41.2 Å². The van der Waals surface area contributed by atoms with E-state index in [1.807, 2.05) is 30.3 Å². The van der Waals surface area contributed by atoms with Gasteiger partial charge in [0.25, 0.3) is 0 Å². The van der Waals surface area contributed by atoms with E-state index in [2.05, 4.69) is 5.32 Å². The van der Waals surface area contributed by atoms with E-state index in [1.165, 1.54) is 29.2 Å². The largest absolute Gasteiger partial charge is 0.497 e. The number of fused-ring (bicyclic) bond motifs is 1. The highest BCUT2D eigenvalue weighted by atomic mass is 19.2. The Labute approximate surface area is 462 Å². The Morgan fingerprint density at radius 1 is 0.728 bits per heavy atom. The third-order valence-corrected chi connectivity index (χ3v) is 12.7. The minimum Gasteiger partial charge on any atom is -0.497 e. The van der Waals surface area contributed by atoms with Crippen LogP contribution in [0.2, 0.25) is 0 Å². The number of carbonyl (C=O) groups excluding carboxylic acids is 5. The molecule has 0 unspecified atom stereocenters. The molecule has 0 saturated carbocycles. The third-order valence-electron chi connectivity index (χ3n) is 12.7. The number of alkyl carbamates (subject to hydrolysis) is 1. The Balaban J connectivity index is 1.05. The van der Waals surface area contributed by atoms with Crippen molar-refractivity contribution in [1.29, 1.82) is 0 Å². The summed E-state index contributed by atoms with van der Waals surface area (Å²) in [5.74, 6) is -15.3. The fourth-order valence-electron chi connectivity index (χ4n) is 8.80. The van der Waals surface area contributed by atoms with Crippen molar-refractivity contribution in [2.24, 2.45) is 0 Å². The van der Waals surface area contributed by atoms with Gasteiger partial charge >= 0.3 is 24.1 Å². The summed E-state index contributed by atoms with van der Waals surface area (Å²) < 4.78 is 112. The summed E-state index contributed by atoms with van der Waals surface area (Å²) in [7, 11) is 1.54. The summed E-state index contributed by atoms with van der Waals surface area (Å²) in [6.07, 6.45) is -4.24. The molecule has 81 heavy (non-hydrogen) atoms. The number of hydrogen-bond acceptors (Lipinski definition) is 13. The molecule has 0 radical (unpaired) electrons. The Kier molecular flexibility index (Phi) is 18.7. The van der Waals surface area contributed by atoms with Crippen LogP contribution >= 0.6 is 0 Å². The maximum Gasteiger partial charge on any atom is 0.412 e. The van der Waals surface area contributed by atoms with Crippen molar-refractivity contribution in [2.75, 3.05) is 20.3 Å². The van der Waals surface area contributed by atoms with Crippen molar-refractivity contribution in [3.8, 4) is 34.3 Å². The first kappa shape index (κ1) is 57.9. The molecule has 21 heteroatoms. The number of ether oxygens (including phenoxy) is 7. The van der Waals surface area contributed by atoms with Gasteiger partial charge in [-0.1, -0.05) is 103 Å². The minimum atomic E-state index is -2.48. The molecule has 2 heterocycles. The van der Waals surface area contributed by atoms with Gasteiger partial charge in [0.05, 0.1) is 31.5 Å². The van der Waals surface area contributed by atoms with E-state index >= 15 is 0 Å². The number of methoxy groups -OCH3 is 1. The van der Waals surface area contributed by atoms with Gasteiger partial charge in [-0.2, -0.15) is 8.78 Å². The summed E-state index contributed by atoms with van der Waals surface area (Å²) >= 11 is 0. The smallest absolute Gasteiger partial charge is 0.412 e. The van der Waals surface area contributed by atoms with Crippen LogP contribution in [0.4, 0.5) is 31.5 Å². The number of esters is 2. The molecule has 1 saturated heterocycles. The van der Waals surface area contributed by atoms with Crippen molar-refractivity contribution < 1.29 is 79.1 Å². The monoisotopic (exact) mass is 1120 g/mol. The molecule has 4 atom stereocenters. The number of nitrogens with zero attached hydrogens (tertiary/aromatic N) is 3. The molecule has 1 N–H and O–H groups in total. The first-order valence-corrected chi connectivity index (χ1v) is 25.5. The lowest BCUT2D eigenvalue weighted by molar-refractivity contribution is -0.157. The second kappa shape index (κ2) is 26.1. The second-order valence-electron chi connectivity index (χ2n) is 19.6. The number of benzene rings is 6. The maximum absolute atomic E-state index is 14.7. The number of rotatable bonds is 21. The number of aromatic nitrogens is 1. The number of likely N-dealkylation sites (tertiary alicyclic amines) is 1. The van der Waals surface area contributed by atoms with Gasteiger partial charge in [-0.25, -0.2) is 37.3 Å². The second-order valence-corrected chi connectivity index (χ2v) is 19.6. The van der Waals surface area contributed by atoms with Gasteiger partial charge in [-0.3, -0.25) is 9.69 Å². The number of pyridine rings is 1. The van der Waals surface area contributed by atoms with Crippen molar-refractivity contribution >= 4 is 41.4 Å². The predicted molar refractivity (Wildman–Crippen MR) is 283 cm³/mol. The predicted octanol–water partition coefficient (Wildman–Crippen LogP) is 10.8. The van der Waals surface area contributed by atoms with E-state index in [9.17, 15) is 45.9 Å². The summed E-state index contributed by atoms with van der Waals surface area (Å²) in [4.78, 5) is 76.1. The average molecular weight is 1120 g/mol. The van der Waals surface area contributed by atoms with Crippen LogP contribution in [0.5, 0.6) is 23.0 Å². The van der Waals surface area contributed by atoms with Crippen LogP contribution in [0.1, 0.15) is 50.3 Å². The molecule has 1 aromatic heterocycles. The highest BCUT2D eigenvalue weighted by Crippen LogP contribution is 2.36. The number of hydrogen-bond donors (Lipinski definition) is 1. The Hall–Kier alpha value is -9.27. The van der Waals surface area contributed by atoms with Crippen molar-refractivity contribution in [3.05, 3.63) is 185 Å². The number of amides is 3. The fourth-order valence-corrected chi connectivity index (χ4v) is 8.80. The number of nitrogens with one attached hydrogen (secondary N) is 1. The number of halogens is 5. The molecule has 422 valence electrons. The molecular formula is C60H55F5N4O12. The third kappa shape index (κ3) is 14.7. The molecule has 0 spiro atoms. The molecule has 16 nitrogen and oxygen atoms in total. The van der Waals surface area contributed by atoms with Crippen LogP contribution in [-0.4, -0.2) is 95.5 Å². The van der Waals surface area contributed by atoms with E-state index < -0.39 is 95.3 Å². The van der Waals surface area contributed by atoms with E-state index in [0.717, 1.165) is 10.5 Å². The van der Waals surface area contributed by atoms with Gasteiger partial charge < -0.3 is 43.4 Å². The van der Waals surface area contributed by atoms with Crippen LogP contribution in [0.25, 0.3) is 22.2 Å². The Bertz CT molecular complexity index is 3350. The topological polar surface area (TPSA) is 181 Å². The van der Waals surface area contributed by atoms with E-state index in [-0.39, 0.29) is 50.5 Å². The quantitative estimate of drug-likeness (QED) is 0.0137. The molecule has 6 aromatic carbocycles. The molecule has 1 fully saturated rings. The lowest BCUT2D eigenvalue weighted by Crippen LogP contribution is -2.54. The molecule has 3 amide bonds. The summed E-state index contributed by atoms with van der Waals surface area (Å²) in [5, 5.41) is 2.86. The zero-order valence-corrected chi connectivity index (χ0v) is 44.2. The summed E-state index contributed by atoms with van der Waals surface area (Å²) in [6.45, 7) is 4.22. The normalized spacial score (nSPS) is 14.8. The van der Waals surface area contributed by atoms with Crippen molar-refractivity contribution in [2.45, 2.75) is 83.2 Å². The van der Waals surface area contributed by atoms with Gasteiger partial charge in [0.1, 0.15) is 60.4 Å². The van der Waals surface area contributed by atoms with Crippen LogP contribution in [-0.2, 0) is 48.2 Å². The standard InChI is InChI=1S/C60H55F5N4O12/c1-60(2,3)81-59(74)68-32-42(79-48-31-44(39-20-12-7-13-21-39)66-45-29-40(75-4)23-24-43(45)48)30-49(68)69(35-70)47(57(72)77-33-36-15-8-5-9-16-36)25-26-76-41-22-14-19-38(27-41)28-46(67-58(73)78-34-37-17-10-6-11-18-37)56(71)80-55-53(64)51(62)50(61)52(63)54(55)65/h5-24,27,29,31,35,42,46-47,49H,25-26,28,30,32-34H2,1-4H3,(H,67,73)/t42-,46+,47+,49-/m1/s1. The molecule has 8 rings (SSSR count). The first-order chi connectivity index (χ1) is 38.9. The van der Waals surface area contributed by atoms with E-state index in [1.54, 1.807) is 113 Å². The summed E-state index contributed by atoms with van der Waals surface area (Å²) in [6, 6.07) is 36.3. The summed E-state index contributed by atoms with van der Waals surface area (Å²) in [5.41, 5.74) is 2.39. The van der Waals surface area contributed by atoms with E-state index in [0.29, 0.717) is 45.6 Å². The highest BCUT2D eigenvalue weighted by Gasteiger charge is 2.45. The highest BCUT2D eigenvalue weighted by molar-refractivity contribution is 5.89. The van der Waals surface area contributed by atoms with Crippen LogP contribution < -0.4 is 24.3 Å². The Morgan fingerprint density at radius 2 is 1.35 bits per heavy atom. The van der Waals surface area contributed by atoms with Crippen LogP contribution in [0.15, 0.2) is 140 Å². The molecular weight excluding hydrogens is 1060 g/mol. The zero-order chi connectivity index (χ0) is 57.8. The SMILES string of the molecule is COc1ccc2c(O[C@@H]3C[C@@H](N(C=O)[C@@H](CCOc4cccc(C[C@H](NC(=O)OCc5ccccc5)C(=O)Oc5c(F)c(F)c(F)c(F)c5F)c4)C(=O)OCc4ccccc4)N(C(=O)OC(C)(C)C)C3)cc(-c3ccccc3)nc2c1. The molecule has 1 aliphatic heterocycles. The first-order valence-electron chi connectivity index (χ1n) is 25.5. The van der Waals surface area contributed by atoms with Gasteiger partial charge in [0.15, 0.2) is 0 Å². The fraction of sp³-hybridized carbons (Fsp3) is 0.267. The molecule has 7 aromatic rings. The van der Waals surface area contributed by atoms with E-state index in [4.69, 9.17) is 38.1 Å². The Morgan fingerprint density at radius 3 is 1.98 bits per heavy atom. The molecule has 0 aliphatic carbocycles. The van der Waals surface area contributed by atoms with Crippen LogP contribution in [0, 0.1) is 29.1 Å². The molecule has 1 aliphatic rings. The molecule has 0 bridgehead atoms. The lowest BCUT2D eigenvalue weighted by Gasteiger charge is -2.37. The van der Waals surface area contributed by atoms with Gasteiger partial charge in [-0.05, 0) is 61.7 Å². The average Bonchev–Trinajstić information content (AvgIpc) is 4.12. The van der Waals surface area contributed by atoms with Crippen molar-refractivity contribution in [1.82, 2.24) is 20.1 Å². The minimum absolute atomic E-state index is 0.00818. The van der Waals surface area contributed by atoms with Gasteiger partial charge in [0, 0.05) is 42.3 Å². The van der Waals surface area contributed by atoms with Gasteiger partial charge in [-0.15, -0.1) is 0 Å². The van der Waals surface area contributed by atoms with Crippen LogP contribution in [0.3, 0.4) is 0 Å². The maximum atomic E-state index is 14.7. The lowest BCUT2D eigenvalue weighted by atomic mass is 10.1.